The first-order chi connectivity index (χ1) is 17.4. The van der Waals surface area contributed by atoms with E-state index in [4.69, 9.17) is 4.74 Å². The van der Waals surface area contributed by atoms with Crippen molar-refractivity contribution in [3.63, 3.8) is 0 Å². The number of rotatable bonds is 6. The van der Waals surface area contributed by atoms with Crippen LogP contribution in [0.5, 0.6) is 11.6 Å². The van der Waals surface area contributed by atoms with Gasteiger partial charge in [-0.1, -0.05) is 6.07 Å². The van der Waals surface area contributed by atoms with E-state index < -0.39 is 5.92 Å². The standard InChI is InChI=1S/C27H26N6O3/c1-17-5-8-22(13-18(17)2)32-16-20(14-26(32)34)27(35)31-21-6-9-23(10-7-21)36-25-15-24(29-19(3)30-25)33-12-4-11-28-33/h4-13,15,20H,14,16H2,1-3H3,(H,31,35). The molecule has 0 radical (unpaired) electrons. The van der Waals surface area contributed by atoms with E-state index in [1.807, 2.05) is 38.1 Å². The first kappa shape index (κ1) is 23.2. The monoisotopic (exact) mass is 482 g/mol. The molecule has 4 aromatic rings. The lowest BCUT2D eigenvalue weighted by Gasteiger charge is -2.18. The number of carbonyl (C=O) groups excluding carboxylic acids is 2. The van der Waals surface area contributed by atoms with Gasteiger partial charge in [-0.05, 0) is 74.4 Å². The van der Waals surface area contributed by atoms with E-state index in [-0.39, 0.29) is 18.2 Å². The van der Waals surface area contributed by atoms with Crippen molar-refractivity contribution in [2.24, 2.45) is 5.92 Å². The lowest BCUT2D eigenvalue weighted by molar-refractivity contribution is -0.122. The zero-order valence-corrected chi connectivity index (χ0v) is 20.3. The molecule has 0 spiro atoms. The largest absolute Gasteiger partial charge is 0.439 e. The molecule has 1 atom stereocenters. The maximum absolute atomic E-state index is 12.9. The Bertz CT molecular complexity index is 1420. The number of hydrogen-bond donors (Lipinski definition) is 1. The minimum Gasteiger partial charge on any atom is -0.439 e. The maximum Gasteiger partial charge on any atom is 0.229 e. The summed E-state index contributed by atoms with van der Waals surface area (Å²) in [4.78, 5) is 35.9. The molecule has 9 heteroatoms. The molecular formula is C27H26N6O3. The summed E-state index contributed by atoms with van der Waals surface area (Å²) in [5, 5.41) is 7.10. The lowest BCUT2D eigenvalue weighted by Crippen LogP contribution is -2.28. The van der Waals surface area contributed by atoms with Crippen LogP contribution >= 0.6 is 0 Å². The van der Waals surface area contributed by atoms with Crippen LogP contribution in [0.25, 0.3) is 5.82 Å². The van der Waals surface area contributed by atoms with Gasteiger partial charge in [-0.3, -0.25) is 9.59 Å². The van der Waals surface area contributed by atoms with Crippen LogP contribution in [-0.4, -0.2) is 38.1 Å². The molecule has 9 nitrogen and oxygen atoms in total. The smallest absolute Gasteiger partial charge is 0.229 e. The van der Waals surface area contributed by atoms with Crippen LogP contribution in [0.2, 0.25) is 0 Å². The van der Waals surface area contributed by atoms with Crippen molar-refractivity contribution >= 4 is 23.2 Å². The molecule has 0 bridgehead atoms. The van der Waals surface area contributed by atoms with E-state index in [1.54, 1.807) is 59.2 Å². The van der Waals surface area contributed by atoms with E-state index in [0.29, 0.717) is 35.5 Å². The Hall–Kier alpha value is -4.53. The molecule has 1 saturated heterocycles. The highest BCUT2D eigenvalue weighted by atomic mass is 16.5. The number of nitrogens with zero attached hydrogens (tertiary/aromatic N) is 5. The number of anilines is 2. The minimum absolute atomic E-state index is 0.0447. The van der Waals surface area contributed by atoms with Crippen molar-refractivity contribution < 1.29 is 14.3 Å². The lowest BCUT2D eigenvalue weighted by atomic mass is 10.1. The van der Waals surface area contributed by atoms with E-state index in [9.17, 15) is 9.59 Å². The normalized spacial score (nSPS) is 15.2. The predicted molar refractivity (Wildman–Crippen MR) is 135 cm³/mol. The van der Waals surface area contributed by atoms with Gasteiger partial charge in [0.1, 0.15) is 11.6 Å². The molecule has 0 saturated carbocycles. The maximum atomic E-state index is 12.9. The van der Waals surface area contributed by atoms with Crippen LogP contribution in [0.15, 0.2) is 67.0 Å². The molecule has 3 heterocycles. The highest BCUT2D eigenvalue weighted by molar-refractivity contribution is 6.03. The molecule has 1 aliphatic heterocycles. The second kappa shape index (κ2) is 9.61. The van der Waals surface area contributed by atoms with Crippen LogP contribution in [0.3, 0.4) is 0 Å². The topological polar surface area (TPSA) is 102 Å². The highest BCUT2D eigenvalue weighted by Gasteiger charge is 2.35. The molecule has 1 unspecified atom stereocenters. The SMILES string of the molecule is Cc1nc(Oc2ccc(NC(=O)C3CC(=O)N(c4ccc(C)c(C)c4)C3)cc2)cc(-n2cccn2)n1. The van der Waals surface area contributed by atoms with Crippen molar-refractivity contribution in [3.05, 3.63) is 83.9 Å². The number of ether oxygens (including phenoxy) is 1. The fourth-order valence-corrected chi connectivity index (χ4v) is 4.10. The van der Waals surface area contributed by atoms with Crippen LogP contribution in [0.1, 0.15) is 23.4 Å². The van der Waals surface area contributed by atoms with Crippen molar-refractivity contribution in [2.75, 3.05) is 16.8 Å². The van der Waals surface area contributed by atoms with Crippen LogP contribution < -0.4 is 15.0 Å². The third kappa shape index (κ3) is 4.95. The zero-order chi connectivity index (χ0) is 25.2. The van der Waals surface area contributed by atoms with E-state index in [2.05, 4.69) is 20.4 Å². The summed E-state index contributed by atoms with van der Waals surface area (Å²) in [5.74, 6) is 1.47. The average Bonchev–Trinajstić information content (AvgIpc) is 3.52. The summed E-state index contributed by atoms with van der Waals surface area (Å²) in [6.07, 6.45) is 3.65. The summed E-state index contributed by atoms with van der Waals surface area (Å²) in [6, 6.07) is 16.4. The van der Waals surface area contributed by atoms with Gasteiger partial charge < -0.3 is 15.0 Å². The third-order valence-electron chi connectivity index (χ3n) is 6.18. The molecule has 36 heavy (non-hydrogen) atoms. The zero-order valence-electron chi connectivity index (χ0n) is 20.3. The molecular weight excluding hydrogens is 456 g/mol. The van der Waals surface area contributed by atoms with E-state index in [1.165, 1.54) is 5.56 Å². The van der Waals surface area contributed by atoms with Crippen molar-refractivity contribution in [3.8, 4) is 17.4 Å². The molecule has 1 aliphatic rings. The molecule has 1 fully saturated rings. The van der Waals surface area contributed by atoms with Gasteiger partial charge in [0, 0.05) is 42.8 Å². The van der Waals surface area contributed by atoms with Gasteiger partial charge in [0.25, 0.3) is 0 Å². The number of aryl methyl sites for hydroxylation is 3. The first-order valence-corrected chi connectivity index (χ1v) is 11.7. The van der Waals surface area contributed by atoms with Gasteiger partial charge in [0.15, 0.2) is 5.82 Å². The Balaban J connectivity index is 1.22. The Morgan fingerprint density at radius 3 is 2.56 bits per heavy atom. The molecule has 0 aliphatic carbocycles. The van der Waals surface area contributed by atoms with Crippen molar-refractivity contribution in [1.29, 1.82) is 0 Å². The summed E-state index contributed by atoms with van der Waals surface area (Å²) >= 11 is 0. The van der Waals surface area contributed by atoms with Gasteiger partial charge in [-0.25, -0.2) is 9.67 Å². The molecule has 1 N–H and O–H groups in total. The summed E-state index contributed by atoms with van der Waals surface area (Å²) in [7, 11) is 0. The van der Waals surface area contributed by atoms with Crippen LogP contribution in [0, 0.1) is 26.7 Å². The predicted octanol–water partition coefficient (Wildman–Crippen LogP) is 4.37. The third-order valence-corrected chi connectivity index (χ3v) is 6.18. The average molecular weight is 483 g/mol. The molecule has 5 rings (SSSR count). The molecule has 2 aromatic carbocycles. The minimum atomic E-state index is -0.417. The fourth-order valence-electron chi connectivity index (χ4n) is 4.10. The molecule has 182 valence electrons. The van der Waals surface area contributed by atoms with Crippen LogP contribution in [-0.2, 0) is 9.59 Å². The summed E-state index contributed by atoms with van der Waals surface area (Å²) in [6.45, 7) is 6.19. The van der Waals surface area contributed by atoms with Gasteiger partial charge in [-0.15, -0.1) is 0 Å². The van der Waals surface area contributed by atoms with Crippen LogP contribution in [0.4, 0.5) is 11.4 Å². The van der Waals surface area contributed by atoms with Gasteiger partial charge in [0.05, 0.1) is 5.92 Å². The molecule has 2 amide bonds. The Morgan fingerprint density at radius 1 is 1.03 bits per heavy atom. The number of benzene rings is 2. The Morgan fingerprint density at radius 2 is 1.83 bits per heavy atom. The number of hydrogen-bond acceptors (Lipinski definition) is 6. The second-order valence-electron chi connectivity index (χ2n) is 8.85. The van der Waals surface area contributed by atoms with E-state index >= 15 is 0 Å². The highest BCUT2D eigenvalue weighted by Crippen LogP contribution is 2.28. The Labute approximate surface area is 208 Å². The number of carbonyl (C=O) groups is 2. The number of amides is 2. The van der Waals surface area contributed by atoms with Crippen molar-refractivity contribution in [1.82, 2.24) is 19.7 Å². The van der Waals surface area contributed by atoms with Gasteiger partial charge >= 0.3 is 0 Å². The molecule has 2 aromatic heterocycles. The Kier molecular flexibility index (Phi) is 6.20. The first-order valence-electron chi connectivity index (χ1n) is 11.7. The summed E-state index contributed by atoms with van der Waals surface area (Å²) in [5.41, 5.74) is 3.74. The quantitative estimate of drug-likeness (QED) is 0.438. The van der Waals surface area contributed by atoms with E-state index in [0.717, 1.165) is 11.3 Å². The van der Waals surface area contributed by atoms with Gasteiger partial charge in [-0.2, -0.15) is 10.1 Å². The second-order valence-corrected chi connectivity index (χ2v) is 8.85. The van der Waals surface area contributed by atoms with Crippen molar-refractivity contribution in [2.45, 2.75) is 27.2 Å². The van der Waals surface area contributed by atoms with Gasteiger partial charge in [0.2, 0.25) is 17.7 Å². The fraction of sp³-hybridized carbons (Fsp3) is 0.222. The number of nitrogens with one attached hydrogen (secondary N) is 1. The number of aromatic nitrogens is 4. The summed E-state index contributed by atoms with van der Waals surface area (Å²) < 4.78 is 7.53.